The predicted molar refractivity (Wildman–Crippen MR) is 72.9 cm³/mol. The highest BCUT2D eigenvalue weighted by Gasteiger charge is 2.21. The largest absolute Gasteiger partial charge is 0.497 e. The van der Waals surface area contributed by atoms with Gasteiger partial charge in [0.2, 0.25) is 0 Å². The van der Waals surface area contributed by atoms with Crippen LogP contribution in [0.15, 0.2) is 18.2 Å². The maximum absolute atomic E-state index is 6.11. The minimum Gasteiger partial charge on any atom is -0.497 e. The third kappa shape index (κ3) is 3.16. The van der Waals surface area contributed by atoms with Crippen molar-refractivity contribution in [3.8, 4) is 11.5 Å². The van der Waals surface area contributed by atoms with Crippen LogP contribution in [-0.4, -0.2) is 13.2 Å². The average molecular weight is 249 g/mol. The van der Waals surface area contributed by atoms with Gasteiger partial charge in [-0.1, -0.05) is 13.3 Å². The van der Waals surface area contributed by atoms with Gasteiger partial charge in [0.15, 0.2) is 0 Å². The quantitative estimate of drug-likeness (QED) is 0.891. The van der Waals surface area contributed by atoms with Crippen molar-refractivity contribution in [3.05, 3.63) is 23.8 Å². The molecular formula is C15H23NO2. The summed E-state index contributed by atoms with van der Waals surface area (Å²) in [5, 5.41) is 0. The van der Waals surface area contributed by atoms with Crippen LogP contribution in [0.5, 0.6) is 11.5 Å². The number of nitrogens with two attached hydrogens (primary N) is 1. The molecule has 2 unspecified atom stereocenters. The van der Waals surface area contributed by atoms with Crippen LogP contribution in [0.4, 0.5) is 0 Å². The van der Waals surface area contributed by atoms with Gasteiger partial charge in [0, 0.05) is 12.1 Å². The van der Waals surface area contributed by atoms with E-state index in [-0.39, 0.29) is 0 Å². The summed E-state index contributed by atoms with van der Waals surface area (Å²) < 4.78 is 11.3. The van der Waals surface area contributed by atoms with E-state index in [4.69, 9.17) is 15.2 Å². The number of hydrogen-bond acceptors (Lipinski definition) is 3. The molecule has 100 valence electrons. The third-order valence-corrected chi connectivity index (χ3v) is 3.67. The molecular weight excluding hydrogens is 226 g/mol. The Hall–Kier alpha value is -1.22. The molecule has 1 fully saturated rings. The van der Waals surface area contributed by atoms with Gasteiger partial charge in [0.1, 0.15) is 11.5 Å². The Morgan fingerprint density at radius 3 is 2.83 bits per heavy atom. The Morgan fingerprint density at radius 1 is 1.33 bits per heavy atom. The zero-order valence-electron chi connectivity index (χ0n) is 11.3. The fourth-order valence-electron chi connectivity index (χ4n) is 2.62. The summed E-state index contributed by atoms with van der Waals surface area (Å²) in [6, 6.07) is 5.86. The van der Waals surface area contributed by atoms with Gasteiger partial charge in [-0.25, -0.2) is 0 Å². The van der Waals surface area contributed by atoms with Crippen molar-refractivity contribution >= 4 is 0 Å². The van der Waals surface area contributed by atoms with Crippen LogP contribution >= 0.6 is 0 Å². The van der Waals surface area contributed by atoms with Gasteiger partial charge in [-0.15, -0.1) is 0 Å². The topological polar surface area (TPSA) is 44.5 Å². The van der Waals surface area contributed by atoms with Gasteiger partial charge < -0.3 is 15.2 Å². The summed E-state index contributed by atoms with van der Waals surface area (Å²) in [5.41, 5.74) is 6.79. The van der Waals surface area contributed by atoms with Gasteiger partial charge >= 0.3 is 0 Å². The maximum atomic E-state index is 6.11. The molecule has 2 N–H and O–H groups in total. The standard InChI is InChI=1S/C15H23NO2/c1-11-4-3-5-14(8-11)18-15-7-6-13(17-2)9-12(15)10-16/h6-7,9,11,14H,3-5,8,10,16H2,1-2H3. The molecule has 0 aliphatic heterocycles. The van der Waals surface area contributed by atoms with E-state index in [0.717, 1.165) is 35.8 Å². The van der Waals surface area contributed by atoms with Crippen LogP contribution in [0, 0.1) is 5.92 Å². The van der Waals surface area contributed by atoms with E-state index in [0.29, 0.717) is 12.6 Å². The Kier molecular flexibility index (Phi) is 4.48. The van der Waals surface area contributed by atoms with E-state index in [9.17, 15) is 0 Å². The molecule has 1 aromatic carbocycles. The van der Waals surface area contributed by atoms with Crippen molar-refractivity contribution in [3.63, 3.8) is 0 Å². The lowest BCUT2D eigenvalue weighted by Crippen LogP contribution is -2.24. The Balaban J connectivity index is 2.08. The van der Waals surface area contributed by atoms with Crippen LogP contribution in [-0.2, 0) is 6.54 Å². The zero-order valence-corrected chi connectivity index (χ0v) is 11.3. The molecule has 0 bridgehead atoms. The number of benzene rings is 1. The fraction of sp³-hybridized carbons (Fsp3) is 0.600. The molecule has 2 rings (SSSR count). The molecule has 0 amide bonds. The highest BCUT2D eigenvalue weighted by Crippen LogP contribution is 2.30. The van der Waals surface area contributed by atoms with Crippen LogP contribution < -0.4 is 15.2 Å². The second-order valence-electron chi connectivity index (χ2n) is 5.19. The summed E-state index contributed by atoms with van der Waals surface area (Å²) in [5.74, 6) is 2.51. The summed E-state index contributed by atoms with van der Waals surface area (Å²) in [4.78, 5) is 0. The smallest absolute Gasteiger partial charge is 0.124 e. The summed E-state index contributed by atoms with van der Waals surface area (Å²) in [7, 11) is 1.67. The first-order valence-corrected chi connectivity index (χ1v) is 6.76. The van der Waals surface area contributed by atoms with Crippen molar-refractivity contribution < 1.29 is 9.47 Å². The van der Waals surface area contributed by atoms with Crippen molar-refractivity contribution in [2.45, 2.75) is 45.3 Å². The molecule has 3 heteroatoms. The minimum absolute atomic E-state index is 0.340. The molecule has 0 heterocycles. The van der Waals surface area contributed by atoms with Crippen molar-refractivity contribution in [2.75, 3.05) is 7.11 Å². The van der Waals surface area contributed by atoms with E-state index in [2.05, 4.69) is 6.92 Å². The molecule has 18 heavy (non-hydrogen) atoms. The SMILES string of the molecule is COc1ccc(OC2CCCC(C)C2)c(CN)c1. The van der Waals surface area contributed by atoms with Crippen LogP contribution in [0.25, 0.3) is 0 Å². The first kappa shape index (κ1) is 13.2. The highest BCUT2D eigenvalue weighted by molar-refractivity contribution is 5.40. The molecule has 2 atom stereocenters. The number of methoxy groups -OCH3 is 1. The predicted octanol–water partition coefficient (Wildman–Crippen LogP) is 3.11. The molecule has 1 aliphatic rings. The second kappa shape index (κ2) is 6.10. The monoisotopic (exact) mass is 249 g/mol. The first-order valence-electron chi connectivity index (χ1n) is 6.76. The van der Waals surface area contributed by atoms with E-state index < -0.39 is 0 Å². The number of ether oxygens (including phenoxy) is 2. The van der Waals surface area contributed by atoms with Crippen molar-refractivity contribution in [1.82, 2.24) is 0 Å². The number of hydrogen-bond donors (Lipinski definition) is 1. The molecule has 0 spiro atoms. The Labute approximate surface area is 109 Å². The molecule has 0 saturated heterocycles. The van der Waals surface area contributed by atoms with Crippen LogP contribution in [0.3, 0.4) is 0 Å². The second-order valence-corrected chi connectivity index (χ2v) is 5.19. The molecule has 1 aromatic rings. The third-order valence-electron chi connectivity index (χ3n) is 3.67. The van der Waals surface area contributed by atoms with Crippen molar-refractivity contribution in [1.29, 1.82) is 0 Å². The lowest BCUT2D eigenvalue weighted by Gasteiger charge is -2.28. The van der Waals surface area contributed by atoms with Gasteiger partial charge in [-0.2, -0.15) is 0 Å². The maximum Gasteiger partial charge on any atom is 0.124 e. The van der Waals surface area contributed by atoms with Gasteiger partial charge in [0.25, 0.3) is 0 Å². The van der Waals surface area contributed by atoms with Gasteiger partial charge in [0.05, 0.1) is 13.2 Å². The van der Waals surface area contributed by atoms with Crippen molar-refractivity contribution in [2.24, 2.45) is 11.7 Å². The molecule has 3 nitrogen and oxygen atoms in total. The van der Waals surface area contributed by atoms with E-state index >= 15 is 0 Å². The summed E-state index contributed by atoms with van der Waals surface area (Å²) in [6.07, 6.45) is 5.23. The molecule has 0 radical (unpaired) electrons. The number of rotatable bonds is 4. The summed E-state index contributed by atoms with van der Waals surface area (Å²) in [6.45, 7) is 2.78. The Bertz CT molecular complexity index is 392. The minimum atomic E-state index is 0.340. The first-order chi connectivity index (χ1) is 8.72. The molecule has 1 saturated carbocycles. The van der Waals surface area contributed by atoms with E-state index in [1.165, 1.54) is 12.8 Å². The van der Waals surface area contributed by atoms with Gasteiger partial charge in [-0.05, 0) is 43.4 Å². The van der Waals surface area contributed by atoms with Crippen LogP contribution in [0.1, 0.15) is 38.2 Å². The lowest BCUT2D eigenvalue weighted by molar-refractivity contribution is 0.128. The normalized spacial score (nSPS) is 23.7. The molecule has 1 aliphatic carbocycles. The summed E-state index contributed by atoms with van der Waals surface area (Å²) >= 11 is 0. The van der Waals surface area contributed by atoms with E-state index in [1.54, 1.807) is 7.11 Å². The zero-order chi connectivity index (χ0) is 13.0. The highest BCUT2D eigenvalue weighted by atomic mass is 16.5. The molecule has 0 aromatic heterocycles. The van der Waals surface area contributed by atoms with Gasteiger partial charge in [-0.3, -0.25) is 0 Å². The van der Waals surface area contributed by atoms with Crippen LogP contribution in [0.2, 0.25) is 0 Å². The van der Waals surface area contributed by atoms with E-state index in [1.807, 2.05) is 18.2 Å². The lowest BCUT2D eigenvalue weighted by atomic mass is 9.88. The average Bonchev–Trinajstić information content (AvgIpc) is 2.39. The fourth-order valence-corrected chi connectivity index (χ4v) is 2.62. The Morgan fingerprint density at radius 2 is 2.17 bits per heavy atom.